The average molecular weight is 339 g/mol. The van der Waals surface area contributed by atoms with Gasteiger partial charge >= 0.3 is 0 Å². The van der Waals surface area contributed by atoms with E-state index < -0.39 is 0 Å². The molecule has 1 aliphatic heterocycles. The number of benzene rings is 1. The number of hydrogen-bond acceptors (Lipinski definition) is 5. The molecule has 4 rings (SSSR count). The minimum atomic E-state index is -0.0708. The summed E-state index contributed by atoms with van der Waals surface area (Å²) in [6.45, 7) is 3.89. The summed E-state index contributed by atoms with van der Waals surface area (Å²) in [6.07, 6.45) is 2.14. The molecule has 3 aromatic rings. The largest absolute Gasteiger partial charge is 0.360 e. The van der Waals surface area contributed by atoms with E-state index in [0.717, 1.165) is 42.8 Å². The van der Waals surface area contributed by atoms with E-state index >= 15 is 0 Å². The SMILES string of the molecule is Cc1cc(NC(=O)CN2CCC[C@@H](c3nc4ccccc4[nH]3)C2)no1. The van der Waals surface area contributed by atoms with Gasteiger partial charge < -0.3 is 14.8 Å². The summed E-state index contributed by atoms with van der Waals surface area (Å²) in [4.78, 5) is 22.5. The van der Waals surface area contributed by atoms with Crippen molar-refractivity contribution in [2.45, 2.75) is 25.7 Å². The van der Waals surface area contributed by atoms with E-state index in [2.05, 4.69) is 20.4 Å². The predicted molar refractivity (Wildman–Crippen MR) is 94.4 cm³/mol. The lowest BCUT2D eigenvalue weighted by molar-refractivity contribution is -0.117. The van der Waals surface area contributed by atoms with Crippen LogP contribution in [0.3, 0.4) is 0 Å². The van der Waals surface area contributed by atoms with E-state index in [1.54, 1.807) is 13.0 Å². The van der Waals surface area contributed by atoms with Crippen LogP contribution in [0.5, 0.6) is 0 Å². The number of carbonyl (C=O) groups is 1. The zero-order valence-electron chi connectivity index (χ0n) is 14.2. The van der Waals surface area contributed by atoms with Gasteiger partial charge in [0.2, 0.25) is 5.91 Å². The van der Waals surface area contributed by atoms with Gasteiger partial charge in [0.05, 0.1) is 17.6 Å². The number of nitrogens with zero attached hydrogens (tertiary/aromatic N) is 3. The maximum atomic E-state index is 12.2. The second-order valence-electron chi connectivity index (χ2n) is 6.58. The third kappa shape index (κ3) is 3.56. The highest BCUT2D eigenvalue weighted by Crippen LogP contribution is 2.26. The van der Waals surface area contributed by atoms with Crippen LogP contribution in [-0.2, 0) is 4.79 Å². The van der Waals surface area contributed by atoms with Gasteiger partial charge in [0, 0.05) is 18.5 Å². The van der Waals surface area contributed by atoms with Crippen LogP contribution >= 0.6 is 0 Å². The Balaban J connectivity index is 1.39. The number of imidazole rings is 1. The lowest BCUT2D eigenvalue weighted by atomic mass is 9.97. The Bertz CT molecular complexity index is 851. The number of amides is 1. The molecule has 0 aliphatic carbocycles. The van der Waals surface area contributed by atoms with Crippen molar-refractivity contribution in [2.24, 2.45) is 0 Å². The smallest absolute Gasteiger partial charge is 0.239 e. The molecule has 7 nitrogen and oxygen atoms in total. The molecule has 2 N–H and O–H groups in total. The van der Waals surface area contributed by atoms with Gasteiger partial charge in [-0.1, -0.05) is 17.3 Å². The fourth-order valence-electron chi connectivity index (χ4n) is 3.40. The quantitative estimate of drug-likeness (QED) is 0.763. The molecule has 1 fully saturated rings. The standard InChI is InChI=1S/C18H21N5O2/c1-12-9-16(22-25-12)21-17(24)11-23-8-4-5-13(10-23)18-19-14-6-2-3-7-15(14)20-18/h2-3,6-7,9,13H,4-5,8,10-11H2,1H3,(H,19,20)(H,21,22,24)/t13-/m1/s1. The maximum Gasteiger partial charge on any atom is 0.239 e. The number of carbonyl (C=O) groups excluding carboxylic acids is 1. The number of hydrogen-bond donors (Lipinski definition) is 2. The molecule has 1 atom stereocenters. The molecule has 0 unspecified atom stereocenters. The first-order valence-corrected chi connectivity index (χ1v) is 8.57. The molecule has 1 amide bonds. The Morgan fingerprint density at radius 2 is 2.32 bits per heavy atom. The molecular weight excluding hydrogens is 318 g/mol. The van der Waals surface area contributed by atoms with Gasteiger partial charge in [0.25, 0.3) is 0 Å². The summed E-state index contributed by atoms with van der Waals surface area (Å²) in [5.41, 5.74) is 2.06. The van der Waals surface area contributed by atoms with Gasteiger partial charge in [-0.25, -0.2) is 4.98 Å². The number of likely N-dealkylation sites (tertiary alicyclic amines) is 1. The van der Waals surface area contributed by atoms with Crippen molar-refractivity contribution in [3.05, 3.63) is 41.9 Å². The zero-order chi connectivity index (χ0) is 17.2. The summed E-state index contributed by atoms with van der Waals surface area (Å²) >= 11 is 0. The summed E-state index contributed by atoms with van der Waals surface area (Å²) in [7, 11) is 0. The number of aromatic amines is 1. The first-order chi connectivity index (χ1) is 12.2. The Morgan fingerprint density at radius 3 is 3.12 bits per heavy atom. The van der Waals surface area contributed by atoms with Crippen LogP contribution in [-0.4, -0.2) is 45.6 Å². The van der Waals surface area contributed by atoms with E-state index in [1.807, 2.05) is 24.3 Å². The van der Waals surface area contributed by atoms with Crippen LogP contribution in [0.1, 0.15) is 30.3 Å². The van der Waals surface area contributed by atoms with E-state index in [9.17, 15) is 4.79 Å². The second kappa shape index (κ2) is 6.68. The molecule has 3 heterocycles. The molecule has 130 valence electrons. The van der Waals surface area contributed by atoms with Crippen molar-refractivity contribution >= 4 is 22.8 Å². The summed E-state index contributed by atoms with van der Waals surface area (Å²) in [5.74, 6) is 2.41. The average Bonchev–Trinajstić information content (AvgIpc) is 3.21. The zero-order valence-corrected chi connectivity index (χ0v) is 14.2. The molecule has 2 aromatic heterocycles. The van der Waals surface area contributed by atoms with Gasteiger partial charge in [-0.3, -0.25) is 9.69 Å². The van der Waals surface area contributed by atoms with Crippen molar-refractivity contribution in [3.63, 3.8) is 0 Å². The molecule has 1 saturated heterocycles. The van der Waals surface area contributed by atoms with Gasteiger partial charge in [-0.2, -0.15) is 0 Å². The van der Waals surface area contributed by atoms with E-state index in [1.165, 1.54) is 0 Å². The number of nitrogens with one attached hydrogen (secondary N) is 2. The maximum absolute atomic E-state index is 12.2. The number of para-hydroxylation sites is 2. The Hall–Kier alpha value is -2.67. The van der Waals surface area contributed by atoms with Crippen molar-refractivity contribution < 1.29 is 9.32 Å². The minimum absolute atomic E-state index is 0.0708. The predicted octanol–water partition coefficient (Wildman–Crippen LogP) is 2.68. The van der Waals surface area contributed by atoms with Crippen LogP contribution in [0.15, 0.2) is 34.9 Å². The highest BCUT2D eigenvalue weighted by atomic mass is 16.5. The Labute approximate surface area is 145 Å². The first kappa shape index (κ1) is 15.8. The van der Waals surface area contributed by atoms with Gasteiger partial charge in [0.15, 0.2) is 5.82 Å². The number of anilines is 1. The Morgan fingerprint density at radius 1 is 1.44 bits per heavy atom. The number of rotatable bonds is 4. The first-order valence-electron chi connectivity index (χ1n) is 8.57. The van der Waals surface area contributed by atoms with Crippen molar-refractivity contribution in [3.8, 4) is 0 Å². The van der Waals surface area contributed by atoms with E-state index in [0.29, 0.717) is 24.0 Å². The van der Waals surface area contributed by atoms with E-state index in [4.69, 9.17) is 9.51 Å². The van der Waals surface area contributed by atoms with Gasteiger partial charge in [-0.05, 0) is 38.4 Å². The van der Waals surface area contributed by atoms with Crippen LogP contribution < -0.4 is 5.32 Å². The molecule has 0 saturated carbocycles. The van der Waals surface area contributed by atoms with Crippen molar-refractivity contribution in [1.29, 1.82) is 0 Å². The summed E-state index contributed by atoms with van der Waals surface area (Å²) in [6, 6.07) is 9.78. The topological polar surface area (TPSA) is 87.0 Å². The monoisotopic (exact) mass is 339 g/mol. The lowest BCUT2D eigenvalue weighted by Gasteiger charge is -2.31. The Kier molecular flexibility index (Phi) is 4.23. The fraction of sp³-hybridized carbons (Fsp3) is 0.389. The molecule has 0 spiro atoms. The molecule has 1 aliphatic rings. The molecule has 1 aromatic carbocycles. The molecule has 0 bridgehead atoms. The van der Waals surface area contributed by atoms with Crippen LogP contribution in [0.4, 0.5) is 5.82 Å². The number of fused-ring (bicyclic) bond motifs is 1. The fourth-order valence-corrected chi connectivity index (χ4v) is 3.40. The van der Waals surface area contributed by atoms with Crippen molar-refractivity contribution in [2.75, 3.05) is 25.0 Å². The number of aryl methyl sites for hydroxylation is 1. The third-order valence-electron chi connectivity index (χ3n) is 4.56. The second-order valence-corrected chi connectivity index (χ2v) is 6.58. The van der Waals surface area contributed by atoms with Crippen molar-refractivity contribution in [1.82, 2.24) is 20.0 Å². The number of H-pyrrole nitrogens is 1. The van der Waals surface area contributed by atoms with Crippen LogP contribution in [0, 0.1) is 6.92 Å². The van der Waals surface area contributed by atoms with Gasteiger partial charge in [0.1, 0.15) is 11.6 Å². The molecule has 7 heteroatoms. The molecular formula is C18H21N5O2. The highest BCUT2D eigenvalue weighted by molar-refractivity contribution is 5.91. The normalized spacial score (nSPS) is 18.5. The van der Waals surface area contributed by atoms with Crippen LogP contribution in [0.2, 0.25) is 0 Å². The molecule has 0 radical (unpaired) electrons. The number of aromatic nitrogens is 3. The minimum Gasteiger partial charge on any atom is -0.360 e. The highest BCUT2D eigenvalue weighted by Gasteiger charge is 2.25. The third-order valence-corrected chi connectivity index (χ3v) is 4.56. The lowest BCUT2D eigenvalue weighted by Crippen LogP contribution is -2.40. The molecule has 25 heavy (non-hydrogen) atoms. The van der Waals surface area contributed by atoms with E-state index in [-0.39, 0.29) is 5.91 Å². The number of piperidine rings is 1. The summed E-state index contributed by atoms with van der Waals surface area (Å²) < 4.78 is 4.97. The van der Waals surface area contributed by atoms with Crippen LogP contribution in [0.25, 0.3) is 11.0 Å². The van der Waals surface area contributed by atoms with Gasteiger partial charge in [-0.15, -0.1) is 0 Å². The summed E-state index contributed by atoms with van der Waals surface area (Å²) in [5, 5.41) is 6.57.